The first-order chi connectivity index (χ1) is 18.6. The Morgan fingerprint density at radius 1 is 1.10 bits per heavy atom. The molecule has 222 valence electrons. The fourth-order valence-corrected chi connectivity index (χ4v) is 10.3. The maximum absolute atomic E-state index is 12.6. The Hall–Kier alpha value is -1.03. The van der Waals surface area contributed by atoms with E-state index in [0.29, 0.717) is 30.6 Å². The van der Waals surface area contributed by atoms with Crippen LogP contribution in [0.15, 0.2) is 23.8 Å². The number of thioether (sulfide) groups is 1. The van der Waals surface area contributed by atoms with Crippen LogP contribution in [0.3, 0.4) is 0 Å². The summed E-state index contributed by atoms with van der Waals surface area (Å²) in [6.07, 6.45) is 10.4. The summed E-state index contributed by atoms with van der Waals surface area (Å²) in [4.78, 5) is 24.8. The second-order valence-electron chi connectivity index (χ2n) is 14.7. The molecule has 0 aromatic heterocycles. The molecule has 6 aliphatic rings. The van der Waals surface area contributed by atoms with Crippen LogP contribution in [0.4, 0.5) is 0 Å². The lowest BCUT2D eigenvalue weighted by Gasteiger charge is -2.59. The van der Waals surface area contributed by atoms with Crippen LogP contribution in [0.1, 0.15) is 80.1 Å². The van der Waals surface area contributed by atoms with Gasteiger partial charge in [-0.1, -0.05) is 44.2 Å². The van der Waals surface area contributed by atoms with Crippen LogP contribution in [0, 0.1) is 40.4 Å². The zero-order valence-corrected chi connectivity index (χ0v) is 25.8. The number of rotatable bonds is 4. The number of ketones is 1. The summed E-state index contributed by atoms with van der Waals surface area (Å²) in [6.45, 7) is 12.8. The highest BCUT2D eigenvalue weighted by Gasteiger charge is 2.70. The third-order valence-corrected chi connectivity index (χ3v) is 13.2. The van der Waals surface area contributed by atoms with Crippen molar-refractivity contribution in [1.82, 2.24) is 0 Å². The third-order valence-electron chi connectivity index (χ3n) is 12.6. The molecule has 0 aromatic carbocycles. The molecule has 6 rings (SSSR count). The van der Waals surface area contributed by atoms with E-state index >= 15 is 0 Å². The Kier molecular flexibility index (Phi) is 6.71. The van der Waals surface area contributed by atoms with Gasteiger partial charge in [0, 0.05) is 11.8 Å². The summed E-state index contributed by atoms with van der Waals surface area (Å²) >= 11 is 0.946. The van der Waals surface area contributed by atoms with Crippen molar-refractivity contribution in [2.45, 2.75) is 116 Å². The summed E-state index contributed by atoms with van der Waals surface area (Å²) in [7, 11) is 0. The Morgan fingerprint density at radius 2 is 1.82 bits per heavy atom. The molecule has 2 saturated heterocycles. The van der Waals surface area contributed by atoms with Crippen LogP contribution in [-0.4, -0.2) is 62.9 Å². The van der Waals surface area contributed by atoms with E-state index in [4.69, 9.17) is 14.2 Å². The lowest BCUT2D eigenvalue weighted by atomic mass is 9.46. The van der Waals surface area contributed by atoms with Gasteiger partial charge in [-0.25, -0.2) is 0 Å². The Morgan fingerprint density at radius 3 is 2.52 bits per heavy atom. The molecule has 0 radical (unpaired) electrons. The molecule has 0 unspecified atom stereocenters. The third kappa shape index (κ3) is 3.88. The van der Waals surface area contributed by atoms with Crippen molar-refractivity contribution in [2.75, 3.05) is 6.26 Å². The molecule has 0 amide bonds. The fourth-order valence-electron chi connectivity index (χ4n) is 9.95. The predicted molar refractivity (Wildman–Crippen MR) is 152 cm³/mol. The molecule has 0 spiro atoms. The van der Waals surface area contributed by atoms with Gasteiger partial charge in [-0.05, 0) is 106 Å². The second kappa shape index (κ2) is 9.23. The van der Waals surface area contributed by atoms with Crippen molar-refractivity contribution < 1.29 is 34.0 Å². The number of ether oxygens (including phenoxy) is 3. The van der Waals surface area contributed by atoms with Gasteiger partial charge in [-0.2, -0.15) is 0 Å². The quantitative estimate of drug-likeness (QED) is 0.494. The highest BCUT2D eigenvalue weighted by molar-refractivity contribution is 8.13. The Bertz CT molecular complexity index is 1160. The summed E-state index contributed by atoms with van der Waals surface area (Å²) in [6, 6.07) is 0. The summed E-state index contributed by atoms with van der Waals surface area (Å²) in [5.41, 5.74) is -0.515. The van der Waals surface area contributed by atoms with Crippen molar-refractivity contribution in [2.24, 2.45) is 40.4 Å². The molecule has 3 saturated carbocycles. The lowest BCUT2D eigenvalue weighted by molar-refractivity contribution is -0.417. The van der Waals surface area contributed by atoms with Crippen molar-refractivity contribution in [3.63, 3.8) is 0 Å². The average molecular weight is 575 g/mol. The van der Waals surface area contributed by atoms with Gasteiger partial charge in [0.25, 0.3) is 0 Å². The fraction of sp³-hybridized carbons (Fsp3) is 0.812. The van der Waals surface area contributed by atoms with Gasteiger partial charge in [0.1, 0.15) is 5.60 Å². The van der Waals surface area contributed by atoms with E-state index < -0.39 is 34.5 Å². The first-order valence-corrected chi connectivity index (χ1v) is 16.3. The molecule has 7 nitrogen and oxygen atoms in total. The normalized spacial score (nSPS) is 50.4. The molecular weight excluding hydrogens is 528 g/mol. The van der Waals surface area contributed by atoms with Crippen molar-refractivity contribution >= 4 is 22.7 Å². The zero-order chi connectivity index (χ0) is 29.0. The van der Waals surface area contributed by atoms with Crippen LogP contribution in [-0.2, 0) is 23.8 Å². The molecule has 40 heavy (non-hydrogen) atoms. The predicted octanol–water partition coefficient (Wildman–Crippen LogP) is 4.79. The molecule has 2 heterocycles. The van der Waals surface area contributed by atoms with E-state index in [2.05, 4.69) is 26.8 Å². The topological polar surface area (TPSA) is 102 Å². The number of allylic oxidation sites excluding steroid dienone is 3. The Labute approximate surface area is 242 Å². The molecule has 4 aliphatic carbocycles. The van der Waals surface area contributed by atoms with Gasteiger partial charge < -0.3 is 24.4 Å². The zero-order valence-electron chi connectivity index (χ0n) is 24.9. The van der Waals surface area contributed by atoms with Gasteiger partial charge in [0.05, 0.1) is 17.8 Å². The molecular formula is C32H46O7S. The first-order valence-electron chi connectivity index (χ1n) is 15.1. The lowest BCUT2D eigenvalue weighted by Crippen LogP contribution is -2.59. The van der Waals surface area contributed by atoms with E-state index in [1.165, 1.54) is 0 Å². The number of aliphatic hydroxyl groups excluding tert-OH is 2. The number of carbonyl (C=O) groups is 2. The Balaban J connectivity index is 1.28. The minimum absolute atomic E-state index is 0.0296. The number of hydrogen-bond acceptors (Lipinski definition) is 8. The van der Waals surface area contributed by atoms with E-state index in [9.17, 15) is 19.8 Å². The van der Waals surface area contributed by atoms with Gasteiger partial charge in [-0.3, -0.25) is 9.59 Å². The van der Waals surface area contributed by atoms with Crippen LogP contribution in [0.2, 0.25) is 0 Å². The van der Waals surface area contributed by atoms with Crippen LogP contribution in [0.5, 0.6) is 0 Å². The average Bonchev–Trinajstić information content (AvgIpc) is 3.31. The maximum Gasteiger partial charge on any atom is 0.320 e. The summed E-state index contributed by atoms with van der Waals surface area (Å²) in [5.74, 6) is -0.389. The standard InChI is InChI=1S/C32H46O7S/c1-17(24-16-31(6)28(2,3)38-32(37-24,39-31)26(35)27(36)40-7)20-8-9-21-25-22(11-13-30(20,21)5)29(4)12-10-19(33)14-18(29)15-23(25)34/h10,12,14,17,20-26,34-35H,8-9,11,13,15-16H2,1-7H3/t17-,20-,21+,22-,23+,24+,25-,26-,29+,30+,31+,32-/m0/s1. The number of fused-ring (bicyclic) bond motifs is 7. The van der Waals surface area contributed by atoms with E-state index in [-0.39, 0.29) is 34.6 Å². The summed E-state index contributed by atoms with van der Waals surface area (Å²) < 4.78 is 19.1. The van der Waals surface area contributed by atoms with Crippen LogP contribution < -0.4 is 0 Å². The van der Waals surface area contributed by atoms with E-state index in [1.54, 1.807) is 18.4 Å². The highest BCUT2D eigenvalue weighted by Crippen LogP contribution is 2.68. The van der Waals surface area contributed by atoms with E-state index in [1.807, 2.05) is 20.8 Å². The van der Waals surface area contributed by atoms with Crippen molar-refractivity contribution in [3.8, 4) is 0 Å². The smallest absolute Gasteiger partial charge is 0.320 e. The molecule has 2 N–H and O–H groups in total. The number of hydrogen-bond donors (Lipinski definition) is 2. The summed E-state index contributed by atoms with van der Waals surface area (Å²) in [5, 5.41) is 22.1. The maximum atomic E-state index is 12.6. The minimum Gasteiger partial charge on any atom is -0.392 e. The largest absolute Gasteiger partial charge is 0.392 e. The van der Waals surface area contributed by atoms with Crippen molar-refractivity contribution in [3.05, 3.63) is 23.8 Å². The molecule has 5 fully saturated rings. The van der Waals surface area contributed by atoms with Gasteiger partial charge >= 0.3 is 5.97 Å². The monoisotopic (exact) mass is 574 g/mol. The molecule has 8 heteroatoms. The van der Waals surface area contributed by atoms with Gasteiger partial charge in [0.15, 0.2) is 5.78 Å². The van der Waals surface area contributed by atoms with Crippen molar-refractivity contribution in [1.29, 1.82) is 0 Å². The van der Waals surface area contributed by atoms with E-state index in [0.717, 1.165) is 43.0 Å². The molecule has 2 bridgehead atoms. The van der Waals surface area contributed by atoms with Gasteiger partial charge in [0.2, 0.25) is 11.2 Å². The van der Waals surface area contributed by atoms with Crippen LogP contribution in [0.25, 0.3) is 0 Å². The van der Waals surface area contributed by atoms with Crippen LogP contribution >= 0.6 is 11.8 Å². The SMILES string of the molecule is CSC(=O)[C@H](O)[C@@]12O[C@@H]([C@@H](C)[C@@H]3CC[C@@H]4[C@@H]5[C@H](O)CC6=CC(=O)C=C[C@@]6(C)[C@H]5CC[C@@]43C)C[C@@](C)(O1)C(C)(C)O2. The minimum atomic E-state index is -1.81. The highest BCUT2D eigenvalue weighted by atomic mass is 32.2. The van der Waals surface area contributed by atoms with Gasteiger partial charge in [-0.15, -0.1) is 0 Å². The first kappa shape index (κ1) is 29.1. The second-order valence-corrected chi connectivity index (χ2v) is 15.5. The molecule has 0 aromatic rings. The molecule has 12 atom stereocenters. The molecule has 2 aliphatic heterocycles. The number of aliphatic hydroxyl groups is 2. The number of carbonyl (C=O) groups excluding carboxylic acids is 2.